The Morgan fingerprint density at radius 1 is 0.923 bits per heavy atom. The molecule has 3 amide bonds. The predicted molar refractivity (Wildman–Crippen MR) is 99.2 cm³/mol. The van der Waals surface area contributed by atoms with Crippen molar-refractivity contribution in [3.05, 3.63) is 29.3 Å². The number of urea groups is 1. The summed E-state index contributed by atoms with van der Waals surface area (Å²) in [5.41, 5.74) is -3.40. The van der Waals surface area contributed by atoms with Crippen LogP contribution >= 0.6 is 0 Å². The highest BCUT2D eigenvalue weighted by atomic mass is 19.4. The summed E-state index contributed by atoms with van der Waals surface area (Å²) in [4.78, 5) is 39.8. The molecule has 0 aliphatic carbocycles. The van der Waals surface area contributed by atoms with Crippen LogP contribution in [0, 0.1) is 11.3 Å². The maximum atomic E-state index is 14.5. The number of nitrogens with zero attached hydrogens (tertiary/aromatic N) is 4. The monoisotopic (exact) mass is 583 g/mol. The number of carbonyl (C=O) groups is 3. The highest BCUT2D eigenvalue weighted by Crippen LogP contribution is 2.55. The molecular formula is C20H11F12N4O3+. The summed E-state index contributed by atoms with van der Waals surface area (Å²) in [5.74, 6) is -26.0. The number of anilines is 1. The van der Waals surface area contributed by atoms with E-state index in [1.165, 1.54) is 6.07 Å². The fourth-order valence-electron chi connectivity index (χ4n) is 5.02. The lowest BCUT2D eigenvalue weighted by molar-refractivity contribution is -0.853. The molecule has 7 nitrogen and oxygen atoms in total. The number of alkyl halides is 12. The first kappa shape index (κ1) is 28.6. The molecule has 3 aliphatic heterocycles. The maximum Gasteiger partial charge on any atom is 0.460 e. The first-order chi connectivity index (χ1) is 17.6. The van der Waals surface area contributed by atoms with E-state index in [1.807, 2.05) is 0 Å². The van der Waals surface area contributed by atoms with Crippen molar-refractivity contribution in [1.29, 1.82) is 5.26 Å². The zero-order valence-electron chi connectivity index (χ0n) is 18.6. The van der Waals surface area contributed by atoms with Crippen LogP contribution in [0.4, 0.5) is 63.2 Å². The van der Waals surface area contributed by atoms with Gasteiger partial charge in [-0.3, -0.25) is 9.59 Å². The SMILES string of the molecule is N#Cc1ccc(N2C(=O)C3CN4CC(C(=O)C(F)(F)C(F)(F)C(F)(F)C(F)(F)F)[N+]3(C4)C2=O)cc1C(F)(F)F. The third kappa shape index (κ3) is 3.56. The number of hydrogen-bond donors (Lipinski definition) is 0. The van der Waals surface area contributed by atoms with Crippen molar-refractivity contribution in [3.63, 3.8) is 0 Å². The van der Waals surface area contributed by atoms with Gasteiger partial charge >= 0.3 is 36.2 Å². The van der Waals surface area contributed by atoms with E-state index in [9.17, 15) is 67.1 Å². The van der Waals surface area contributed by atoms with Crippen LogP contribution in [0.1, 0.15) is 11.1 Å². The molecular weight excluding hydrogens is 572 g/mol. The van der Waals surface area contributed by atoms with Crippen LogP contribution in [0.25, 0.3) is 0 Å². The minimum Gasteiger partial charge on any atom is -0.286 e. The zero-order chi connectivity index (χ0) is 29.7. The van der Waals surface area contributed by atoms with Crippen molar-refractivity contribution in [3.8, 4) is 6.07 Å². The number of ketones is 1. The smallest absolute Gasteiger partial charge is 0.286 e. The molecule has 3 aliphatic rings. The fourth-order valence-corrected chi connectivity index (χ4v) is 5.02. The molecule has 0 aromatic heterocycles. The number of nitriles is 1. The number of hydrogen-bond acceptors (Lipinski definition) is 5. The van der Waals surface area contributed by atoms with Gasteiger partial charge in [0, 0.05) is 0 Å². The van der Waals surface area contributed by atoms with Gasteiger partial charge in [0.25, 0.3) is 11.7 Å². The minimum absolute atomic E-state index is 0.0323. The fraction of sp³-hybridized carbons (Fsp3) is 0.500. The largest absolute Gasteiger partial charge is 0.460 e. The lowest BCUT2D eigenvalue weighted by atomic mass is 9.93. The summed E-state index contributed by atoms with van der Waals surface area (Å²) in [6, 6.07) is -3.62. The number of halogens is 12. The standard InChI is InChI=1S/C20H11F12N4O3/c21-16(22,18(26,27)19(28,29)20(30,31)32)13(37)11-5-34-6-12-14(38)35(15(39)36(11,12)7-34)9-2-1-8(4-33)10(3-9)17(23,24)25/h1-3,11-12H,5-7H2/q+1. The molecule has 3 heterocycles. The van der Waals surface area contributed by atoms with Gasteiger partial charge in [-0.2, -0.15) is 62.8 Å². The van der Waals surface area contributed by atoms with Crippen LogP contribution in [-0.2, 0) is 15.8 Å². The van der Waals surface area contributed by atoms with E-state index in [1.54, 1.807) is 0 Å². The summed E-state index contributed by atoms with van der Waals surface area (Å²) in [6.07, 6.45) is -12.4. The molecule has 2 bridgehead atoms. The minimum atomic E-state index is -7.39. The first-order valence-corrected chi connectivity index (χ1v) is 10.4. The number of quaternary nitrogens is 1. The van der Waals surface area contributed by atoms with E-state index in [4.69, 9.17) is 5.26 Å². The van der Waals surface area contributed by atoms with Crippen molar-refractivity contribution < 1.29 is 71.6 Å². The average molecular weight is 583 g/mol. The highest BCUT2D eigenvalue weighted by molar-refractivity contribution is 6.19. The van der Waals surface area contributed by atoms with Gasteiger partial charge in [0.1, 0.15) is 6.67 Å². The number of benzene rings is 1. The normalized spacial score (nSPS) is 27.7. The number of fused-ring (bicyclic) bond motifs is 1. The second-order valence-corrected chi connectivity index (χ2v) is 9.02. The summed E-state index contributed by atoms with van der Waals surface area (Å²) in [7, 11) is 0. The van der Waals surface area contributed by atoms with Crippen LogP contribution in [0.5, 0.6) is 0 Å². The van der Waals surface area contributed by atoms with Crippen molar-refractivity contribution in [2.24, 2.45) is 0 Å². The van der Waals surface area contributed by atoms with Crippen LogP contribution in [0.2, 0.25) is 0 Å². The Hall–Kier alpha value is -3.40. The number of Topliss-reactive ketones (excluding diaryl/α,β-unsaturated/α-hetero) is 1. The molecule has 1 aromatic rings. The van der Waals surface area contributed by atoms with E-state index in [0.717, 1.165) is 4.90 Å². The number of rotatable bonds is 5. The quantitative estimate of drug-likeness (QED) is 0.299. The van der Waals surface area contributed by atoms with E-state index < -0.39 is 101 Å². The number of imide groups is 1. The van der Waals surface area contributed by atoms with Gasteiger partial charge in [0.2, 0.25) is 0 Å². The summed E-state index contributed by atoms with van der Waals surface area (Å²) in [6.45, 7) is -2.37. The predicted octanol–water partition coefficient (Wildman–Crippen LogP) is 3.92. The first-order valence-electron chi connectivity index (χ1n) is 10.4. The van der Waals surface area contributed by atoms with Crippen LogP contribution < -0.4 is 4.90 Å². The molecule has 19 heteroatoms. The molecule has 4 atom stereocenters. The number of carbonyl (C=O) groups excluding carboxylic acids is 3. The van der Waals surface area contributed by atoms with Gasteiger partial charge in [-0.15, -0.1) is 0 Å². The molecule has 4 unspecified atom stereocenters. The van der Waals surface area contributed by atoms with Crippen LogP contribution in [-0.4, -0.2) is 82.9 Å². The molecule has 3 saturated heterocycles. The Bertz CT molecular complexity index is 1320. The molecule has 1 spiro atoms. The summed E-state index contributed by atoms with van der Waals surface area (Å²) in [5, 5.41) is 8.90. The van der Waals surface area contributed by atoms with E-state index in [-0.39, 0.29) is 11.0 Å². The van der Waals surface area contributed by atoms with Gasteiger partial charge < -0.3 is 0 Å². The lowest BCUT2D eigenvalue weighted by Crippen LogP contribution is -2.70. The van der Waals surface area contributed by atoms with Gasteiger partial charge in [-0.05, 0) is 18.2 Å². The molecule has 0 N–H and O–H groups in total. The molecule has 0 radical (unpaired) electrons. The van der Waals surface area contributed by atoms with Gasteiger partial charge in [-0.25, -0.2) is 14.2 Å². The van der Waals surface area contributed by atoms with E-state index in [0.29, 0.717) is 12.1 Å². The van der Waals surface area contributed by atoms with Crippen LogP contribution in [0.15, 0.2) is 18.2 Å². The Morgan fingerprint density at radius 2 is 1.51 bits per heavy atom. The molecule has 39 heavy (non-hydrogen) atoms. The average Bonchev–Trinajstić information content (AvgIpc) is 3.44. The summed E-state index contributed by atoms with van der Waals surface area (Å²) >= 11 is 0. The third-order valence-corrected chi connectivity index (χ3v) is 6.91. The van der Waals surface area contributed by atoms with Crippen molar-refractivity contribution >= 4 is 23.4 Å². The lowest BCUT2D eigenvalue weighted by Gasteiger charge is -2.37. The van der Waals surface area contributed by atoms with E-state index >= 15 is 0 Å². The molecule has 4 rings (SSSR count). The Kier molecular flexibility index (Phi) is 5.91. The molecule has 1 aromatic carbocycles. The van der Waals surface area contributed by atoms with Crippen molar-refractivity contribution in [2.75, 3.05) is 24.7 Å². The molecule has 212 valence electrons. The van der Waals surface area contributed by atoms with Crippen LogP contribution in [0.3, 0.4) is 0 Å². The zero-order valence-corrected chi connectivity index (χ0v) is 18.6. The third-order valence-electron chi connectivity index (χ3n) is 6.91. The molecule has 3 fully saturated rings. The second-order valence-electron chi connectivity index (χ2n) is 9.02. The second kappa shape index (κ2) is 8.06. The Morgan fingerprint density at radius 3 is 2.03 bits per heavy atom. The van der Waals surface area contributed by atoms with Crippen molar-refractivity contribution in [1.82, 2.24) is 4.90 Å². The van der Waals surface area contributed by atoms with E-state index in [2.05, 4.69) is 0 Å². The Balaban J connectivity index is 1.77. The molecule has 0 saturated carbocycles. The maximum absolute atomic E-state index is 14.5. The summed E-state index contributed by atoms with van der Waals surface area (Å²) < 4.78 is 159. The van der Waals surface area contributed by atoms with Gasteiger partial charge in [0.05, 0.1) is 36.0 Å². The Labute approximate surface area is 208 Å². The topological polar surface area (TPSA) is 81.5 Å². The number of piperazine rings is 1. The van der Waals surface area contributed by atoms with Gasteiger partial charge in [-0.1, -0.05) is 0 Å². The van der Waals surface area contributed by atoms with Gasteiger partial charge in [0.15, 0.2) is 12.1 Å². The highest BCUT2D eigenvalue weighted by Gasteiger charge is 2.86. The number of amides is 3. The van der Waals surface area contributed by atoms with Crippen molar-refractivity contribution in [2.45, 2.75) is 42.2 Å².